The van der Waals surface area contributed by atoms with Crippen LogP contribution in [0.3, 0.4) is 0 Å². The minimum Gasteiger partial charge on any atom is -0.299 e. The van der Waals surface area contributed by atoms with Gasteiger partial charge in [0.25, 0.3) is 0 Å². The second-order valence-electron chi connectivity index (χ2n) is 9.03. The zero-order valence-electron chi connectivity index (χ0n) is 19.4. The van der Waals surface area contributed by atoms with Crippen LogP contribution in [0.25, 0.3) is 11.1 Å². The van der Waals surface area contributed by atoms with Crippen molar-refractivity contribution in [2.45, 2.75) is 63.7 Å². The molecule has 0 aliphatic heterocycles. The highest BCUT2D eigenvalue weighted by molar-refractivity contribution is 5.89. The third kappa shape index (κ3) is 5.54. The number of Topliss-reactive ketones (excluding diaryl/α,β-unsaturated/α-hetero) is 1. The highest BCUT2D eigenvalue weighted by Crippen LogP contribution is 2.39. The predicted molar refractivity (Wildman–Crippen MR) is 130 cm³/mol. The molecule has 2 aromatic heterocycles. The van der Waals surface area contributed by atoms with E-state index in [2.05, 4.69) is 28.7 Å². The summed E-state index contributed by atoms with van der Waals surface area (Å²) in [6.07, 6.45) is 7.31. The molecule has 5 nitrogen and oxygen atoms in total. The van der Waals surface area contributed by atoms with Crippen molar-refractivity contribution in [3.63, 3.8) is 0 Å². The summed E-state index contributed by atoms with van der Waals surface area (Å²) in [5, 5.41) is 7.37. The lowest BCUT2D eigenvalue weighted by Crippen LogP contribution is -2.12. The van der Waals surface area contributed by atoms with Crippen molar-refractivity contribution in [1.82, 2.24) is 15.2 Å². The molecule has 1 aromatic carbocycles. The molecule has 0 amide bonds. The van der Waals surface area contributed by atoms with Crippen LogP contribution in [0.15, 0.2) is 61.3 Å². The lowest BCUT2D eigenvalue weighted by molar-refractivity contribution is -0.119. The fourth-order valence-electron chi connectivity index (χ4n) is 4.15. The molecule has 1 aliphatic carbocycles. The molecule has 4 rings (SSSR count). The molecule has 0 bridgehead atoms. The summed E-state index contributed by atoms with van der Waals surface area (Å²) >= 11 is 0. The number of aromatic nitrogens is 3. The molecule has 33 heavy (non-hydrogen) atoms. The van der Waals surface area contributed by atoms with E-state index in [0.717, 1.165) is 40.2 Å². The number of ketones is 2. The Labute approximate surface area is 195 Å². The fraction of sp³-hybridized carbons (Fsp3) is 0.357. The minimum absolute atomic E-state index is 0.0443. The van der Waals surface area contributed by atoms with E-state index in [9.17, 15) is 9.59 Å². The number of hydrogen-bond acceptors (Lipinski definition) is 4. The summed E-state index contributed by atoms with van der Waals surface area (Å²) in [5.74, 6) is 0.734. The maximum Gasteiger partial charge on any atom is 0.155 e. The van der Waals surface area contributed by atoms with E-state index in [-0.39, 0.29) is 23.4 Å². The summed E-state index contributed by atoms with van der Waals surface area (Å²) < 4.78 is 0. The van der Waals surface area contributed by atoms with E-state index in [1.807, 2.05) is 55.6 Å². The molecule has 3 aromatic rings. The molecule has 1 saturated carbocycles. The number of pyridine rings is 1. The first kappa shape index (κ1) is 22.8. The molecule has 170 valence electrons. The maximum atomic E-state index is 12.8. The van der Waals surface area contributed by atoms with E-state index in [4.69, 9.17) is 0 Å². The van der Waals surface area contributed by atoms with Crippen molar-refractivity contribution < 1.29 is 9.59 Å². The van der Waals surface area contributed by atoms with Crippen LogP contribution in [0, 0.1) is 0 Å². The maximum absolute atomic E-state index is 12.8. The van der Waals surface area contributed by atoms with Crippen molar-refractivity contribution in [3.8, 4) is 11.1 Å². The zero-order valence-corrected chi connectivity index (χ0v) is 19.4. The van der Waals surface area contributed by atoms with Gasteiger partial charge in [-0.15, -0.1) is 0 Å². The van der Waals surface area contributed by atoms with Gasteiger partial charge < -0.3 is 0 Å². The second-order valence-corrected chi connectivity index (χ2v) is 9.03. The Hall–Kier alpha value is -3.34. The summed E-state index contributed by atoms with van der Waals surface area (Å²) in [6, 6.07) is 14.2. The molecular weight excluding hydrogens is 410 g/mol. The van der Waals surface area contributed by atoms with Crippen molar-refractivity contribution in [2.75, 3.05) is 0 Å². The van der Waals surface area contributed by atoms with Gasteiger partial charge in [-0.05, 0) is 48.6 Å². The van der Waals surface area contributed by atoms with E-state index >= 15 is 0 Å². The van der Waals surface area contributed by atoms with Gasteiger partial charge in [0.1, 0.15) is 5.78 Å². The second kappa shape index (κ2) is 10.1. The van der Waals surface area contributed by atoms with Gasteiger partial charge in [0, 0.05) is 53.7 Å². The van der Waals surface area contributed by atoms with Crippen LogP contribution in [0.4, 0.5) is 0 Å². The third-order valence-electron chi connectivity index (χ3n) is 6.61. The SMILES string of the molecule is C=CC(=O)CC(CC)c1ccc(-c2ccc([C@H](C)C(=O)Cc3cc(C4CC4)n[nH]3)cc2)cn1. The Bertz CT molecular complexity index is 1120. The number of hydrogen-bond donors (Lipinski definition) is 1. The van der Waals surface area contributed by atoms with Crippen LogP contribution in [0.5, 0.6) is 0 Å². The van der Waals surface area contributed by atoms with Gasteiger partial charge in [-0.2, -0.15) is 5.10 Å². The van der Waals surface area contributed by atoms with Gasteiger partial charge in [-0.3, -0.25) is 19.7 Å². The van der Waals surface area contributed by atoms with Gasteiger partial charge in [0.05, 0.1) is 5.69 Å². The molecule has 1 fully saturated rings. The van der Waals surface area contributed by atoms with Gasteiger partial charge in [0.15, 0.2) is 5.78 Å². The zero-order chi connectivity index (χ0) is 23.4. The number of benzene rings is 1. The van der Waals surface area contributed by atoms with Crippen molar-refractivity contribution >= 4 is 11.6 Å². The summed E-state index contributed by atoms with van der Waals surface area (Å²) in [5.41, 5.74) is 5.98. The monoisotopic (exact) mass is 441 g/mol. The lowest BCUT2D eigenvalue weighted by atomic mass is 9.92. The number of carbonyl (C=O) groups is 2. The van der Waals surface area contributed by atoms with Crippen LogP contribution in [0.2, 0.25) is 0 Å². The topological polar surface area (TPSA) is 75.7 Å². The Morgan fingerprint density at radius 1 is 1.15 bits per heavy atom. The van der Waals surface area contributed by atoms with Gasteiger partial charge in [0.2, 0.25) is 0 Å². The van der Waals surface area contributed by atoms with Gasteiger partial charge in [-0.25, -0.2) is 0 Å². The molecule has 1 N–H and O–H groups in total. The first-order valence-corrected chi connectivity index (χ1v) is 11.8. The molecule has 0 saturated heterocycles. The van der Waals surface area contributed by atoms with E-state index in [1.165, 1.54) is 18.9 Å². The largest absolute Gasteiger partial charge is 0.299 e. The molecule has 0 spiro atoms. The molecular formula is C28H31N3O2. The first-order chi connectivity index (χ1) is 16.0. The predicted octanol–water partition coefficient (Wildman–Crippen LogP) is 5.90. The number of rotatable bonds is 11. The summed E-state index contributed by atoms with van der Waals surface area (Å²) in [6.45, 7) is 7.59. The van der Waals surface area contributed by atoms with Crippen LogP contribution in [-0.2, 0) is 16.0 Å². The van der Waals surface area contributed by atoms with Crippen LogP contribution < -0.4 is 0 Å². The van der Waals surface area contributed by atoms with Crippen molar-refractivity contribution in [2.24, 2.45) is 0 Å². The highest BCUT2D eigenvalue weighted by atomic mass is 16.1. The van der Waals surface area contributed by atoms with Gasteiger partial charge >= 0.3 is 0 Å². The third-order valence-corrected chi connectivity index (χ3v) is 6.61. The number of carbonyl (C=O) groups excluding carboxylic acids is 2. The molecule has 1 aliphatic rings. The Morgan fingerprint density at radius 2 is 1.88 bits per heavy atom. The highest BCUT2D eigenvalue weighted by Gasteiger charge is 2.26. The molecule has 2 heterocycles. The minimum atomic E-state index is -0.181. The number of allylic oxidation sites excluding steroid dienone is 1. The van der Waals surface area contributed by atoms with Crippen LogP contribution in [-0.4, -0.2) is 26.7 Å². The molecule has 2 atom stereocenters. The van der Waals surface area contributed by atoms with Gasteiger partial charge in [-0.1, -0.05) is 50.8 Å². The molecule has 0 radical (unpaired) electrons. The normalized spacial score (nSPS) is 15.1. The Kier molecular flexibility index (Phi) is 6.97. The smallest absolute Gasteiger partial charge is 0.155 e. The number of aromatic amines is 1. The van der Waals surface area contributed by atoms with Crippen LogP contribution >= 0.6 is 0 Å². The van der Waals surface area contributed by atoms with Crippen molar-refractivity contribution in [3.05, 3.63) is 84.0 Å². The quantitative estimate of drug-likeness (QED) is 0.376. The number of nitrogens with one attached hydrogen (secondary N) is 1. The average molecular weight is 442 g/mol. The fourth-order valence-corrected chi connectivity index (χ4v) is 4.15. The Balaban J connectivity index is 1.39. The average Bonchev–Trinajstić information content (AvgIpc) is 3.60. The molecule has 1 unspecified atom stereocenters. The van der Waals surface area contributed by atoms with E-state index in [0.29, 0.717) is 18.8 Å². The van der Waals surface area contributed by atoms with E-state index in [1.54, 1.807) is 0 Å². The van der Waals surface area contributed by atoms with Crippen LogP contribution in [0.1, 0.15) is 79.9 Å². The standard InChI is InChI=1S/C28H31N3O2/c1-4-19(14-25(32)5-2)26-13-12-23(17-29-26)21-8-6-20(7-9-21)18(3)28(33)16-24-15-27(31-30-24)22-10-11-22/h5-9,12-13,15,17-19,22H,2,4,10-11,14,16H2,1,3H3,(H,30,31)/t18-,19?/m0/s1. The lowest BCUT2D eigenvalue weighted by Gasteiger charge is -2.14. The molecule has 5 heteroatoms. The van der Waals surface area contributed by atoms with Crippen molar-refractivity contribution in [1.29, 1.82) is 0 Å². The van der Waals surface area contributed by atoms with E-state index < -0.39 is 0 Å². The number of nitrogens with zero attached hydrogens (tertiary/aromatic N) is 2. The summed E-state index contributed by atoms with van der Waals surface area (Å²) in [7, 11) is 0. The summed E-state index contributed by atoms with van der Waals surface area (Å²) in [4.78, 5) is 29.2. The number of H-pyrrole nitrogens is 1. The Morgan fingerprint density at radius 3 is 2.48 bits per heavy atom. The first-order valence-electron chi connectivity index (χ1n) is 11.8.